The quantitative estimate of drug-likeness (QED) is 0.584. The van der Waals surface area contributed by atoms with Gasteiger partial charge in [-0.05, 0) is 34.5 Å². The second kappa shape index (κ2) is 9.24. The Morgan fingerprint density at radius 3 is 2.46 bits per heavy atom. The number of hydrogen-bond donors (Lipinski definition) is 2. The largest absolute Gasteiger partial charge is 0.489 e. The van der Waals surface area contributed by atoms with Crippen LogP contribution in [0.4, 0.5) is 0 Å². The van der Waals surface area contributed by atoms with Gasteiger partial charge in [-0.1, -0.05) is 54.1 Å². The molecule has 144 valence electrons. The Hall–Kier alpha value is -3.05. The summed E-state index contributed by atoms with van der Waals surface area (Å²) >= 11 is 5.92. The number of halogens is 1. The van der Waals surface area contributed by atoms with Gasteiger partial charge in [-0.25, -0.2) is 0 Å². The third kappa shape index (κ3) is 5.24. The van der Waals surface area contributed by atoms with E-state index in [-0.39, 0.29) is 25.3 Å². The van der Waals surface area contributed by atoms with Gasteiger partial charge in [0, 0.05) is 23.6 Å². The Morgan fingerprint density at radius 1 is 0.964 bits per heavy atom. The first-order valence-electron chi connectivity index (χ1n) is 8.89. The van der Waals surface area contributed by atoms with Crippen molar-refractivity contribution in [2.45, 2.75) is 26.0 Å². The minimum absolute atomic E-state index is 0.0545. The number of hydrogen-bond acceptors (Lipinski definition) is 3. The lowest BCUT2D eigenvalue weighted by Crippen LogP contribution is -2.23. The molecule has 0 bridgehead atoms. The fourth-order valence-electron chi connectivity index (χ4n) is 2.87. The van der Waals surface area contributed by atoms with Crippen LogP contribution in [0, 0.1) is 0 Å². The summed E-state index contributed by atoms with van der Waals surface area (Å²) in [4.78, 5) is 22.6. The molecule has 3 rings (SSSR count). The van der Waals surface area contributed by atoms with Crippen molar-refractivity contribution >= 4 is 34.2 Å². The highest BCUT2D eigenvalue weighted by Gasteiger charge is 2.12. The molecule has 5 nitrogen and oxygen atoms in total. The fourth-order valence-corrected chi connectivity index (χ4v) is 3.00. The zero-order valence-electron chi connectivity index (χ0n) is 15.2. The number of fused-ring (bicyclic) bond motifs is 1. The SMILES string of the molecule is O=C(O)CCC(=O)NCc1c(OCc2ccc(Cl)cc2)ccc2ccccc12. The molecule has 3 aromatic rings. The number of benzene rings is 3. The van der Waals surface area contributed by atoms with Crippen molar-refractivity contribution in [2.24, 2.45) is 0 Å². The molecule has 0 aliphatic heterocycles. The molecule has 28 heavy (non-hydrogen) atoms. The minimum Gasteiger partial charge on any atom is -0.489 e. The van der Waals surface area contributed by atoms with Crippen molar-refractivity contribution in [3.8, 4) is 5.75 Å². The van der Waals surface area contributed by atoms with E-state index in [1.807, 2.05) is 60.7 Å². The van der Waals surface area contributed by atoms with Crippen LogP contribution in [0.1, 0.15) is 24.0 Å². The van der Waals surface area contributed by atoms with E-state index in [9.17, 15) is 9.59 Å². The minimum atomic E-state index is -0.993. The first-order valence-corrected chi connectivity index (χ1v) is 9.27. The molecule has 6 heteroatoms. The second-order valence-corrected chi connectivity index (χ2v) is 6.79. The van der Waals surface area contributed by atoms with Crippen LogP contribution in [0.5, 0.6) is 5.75 Å². The summed E-state index contributed by atoms with van der Waals surface area (Å²) in [6.07, 6.45) is -0.248. The zero-order chi connectivity index (χ0) is 19.9. The molecular formula is C22H20ClNO4. The third-order valence-electron chi connectivity index (χ3n) is 4.33. The molecule has 0 aliphatic carbocycles. The molecule has 0 saturated carbocycles. The average Bonchev–Trinajstić information content (AvgIpc) is 2.70. The van der Waals surface area contributed by atoms with Gasteiger partial charge in [-0.2, -0.15) is 0 Å². The van der Waals surface area contributed by atoms with Crippen LogP contribution in [-0.2, 0) is 22.7 Å². The Labute approximate surface area is 167 Å². The highest BCUT2D eigenvalue weighted by Crippen LogP contribution is 2.29. The van der Waals surface area contributed by atoms with Crippen molar-refractivity contribution in [1.29, 1.82) is 0 Å². The number of carboxylic acids is 1. The maximum absolute atomic E-state index is 12.0. The summed E-state index contributed by atoms with van der Waals surface area (Å²) in [7, 11) is 0. The number of nitrogens with one attached hydrogen (secondary N) is 1. The number of rotatable bonds is 8. The van der Waals surface area contributed by atoms with Gasteiger partial charge in [0.1, 0.15) is 12.4 Å². The Balaban J connectivity index is 1.78. The van der Waals surface area contributed by atoms with Gasteiger partial charge in [0.25, 0.3) is 0 Å². The van der Waals surface area contributed by atoms with Crippen molar-refractivity contribution in [3.05, 3.63) is 76.8 Å². The van der Waals surface area contributed by atoms with Gasteiger partial charge in [0.15, 0.2) is 0 Å². The van der Waals surface area contributed by atoms with E-state index in [1.54, 1.807) is 0 Å². The molecule has 2 N–H and O–H groups in total. The van der Waals surface area contributed by atoms with Crippen molar-refractivity contribution in [3.63, 3.8) is 0 Å². The second-order valence-electron chi connectivity index (χ2n) is 6.35. The molecule has 3 aromatic carbocycles. The van der Waals surface area contributed by atoms with Gasteiger partial charge in [-0.15, -0.1) is 0 Å². The van der Waals surface area contributed by atoms with Crippen LogP contribution in [0.15, 0.2) is 60.7 Å². The molecule has 0 heterocycles. The van der Waals surface area contributed by atoms with Crippen molar-refractivity contribution < 1.29 is 19.4 Å². The number of aliphatic carboxylic acids is 1. The lowest BCUT2D eigenvalue weighted by atomic mass is 10.0. The monoisotopic (exact) mass is 397 g/mol. The molecule has 0 aromatic heterocycles. The first-order chi connectivity index (χ1) is 13.5. The van der Waals surface area contributed by atoms with Crippen LogP contribution in [0.3, 0.4) is 0 Å². The topological polar surface area (TPSA) is 75.6 Å². The summed E-state index contributed by atoms with van der Waals surface area (Å²) in [5.41, 5.74) is 1.84. The normalized spacial score (nSPS) is 10.6. The molecule has 0 saturated heterocycles. The number of ether oxygens (including phenoxy) is 1. The molecule has 1 amide bonds. The number of carboxylic acid groups (broad SMARTS) is 1. The van der Waals surface area contributed by atoms with E-state index < -0.39 is 5.97 Å². The van der Waals surface area contributed by atoms with Gasteiger partial charge in [0.05, 0.1) is 6.42 Å². The number of carbonyl (C=O) groups excluding carboxylic acids is 1. The van der Waals surface area contributed by atoms with Crippen molar-refractivity contribution in [1.82, 2.24) is 5.32 Å². The lowest BCUT2D eigenvalue weighted by Gasteiger charge is -2.15. The van der Waals surface area contributed by atoms with E-state index in [4.69, 9.17) is 21.4 Å². The van der Waals surface area contributed by atoms with E-state index in [0.29, 0.717) is 17.4 Å². The van der Waals surface area contributed by atoms with Crippen LogP contribution in [0.25, 0.3) is 10.8 Å². The van der Waals surface area contributed by atoms with Crippen LogP contribution < -0.4 is 10.1 Å². The Bertz CT molecular complexity index is 985. The number of carbonyl (C=O) groups is 2. The van der Waals surface area contributed by atoms with Gasteiger partial charge >= 0.3 is 5.97 Å². The molecule has 0 atom stereocenters. The average molecular weight is 398 g/mol. The summed E-state index contributed by atoms with van der Waals surface area (Å²) in [5.74, 6) is -0.626. The summed E-state index contributed by atoms with van der Waals surface area (Å²) in [6, 6.07) is 19.1. The Morgan fingerprint density at radius 2 is 1.71 bits per heavy atom. The predicted molar refractivity (Wildman–Crippen MR) is 108 cm³/mol. The van der Waals surface area contributed by atoms with E-state index >= 15 is 0 Å². The highest BCUT2D eigenvalue weighted by atomic mass is 35.5. The summed E-state index contributed by atoms with van der Waals surface area (Å²) in [6.45, 7) is 0.630. The molecular weight excluding hydrogens is 378 g/mol. The first kappa shape index (κ1) is 19.7. The molecule has 0 unspecified atom stereocenters. The van der Waals surface area contributed by atoms with Crippen molar-refractivity contribution in [2.75, 3.05) is 0 Å². The Kier molecular flexibility index (Phi) is 6.50. The molecule has 0 spiro atoms. The van der Waals surface area contributed by atoms with E-state index in [0.717, 1.165) is 21.9 Å². The maximum atomic E-state index is 12.0. The predicted octanol–water partition coefficient (Wildman–Crippen LogP) is 4.55. The molecule has 0 aliphatic rings. The van der Waals surface area contributed by atoms with Crippen LogP contribution in [0.2, 0.25) is 5.02 Å². The standard InChI is InChI=1S/C22H20ClNO4/c23-17-8-5-15(6-9-17)14-28-20-10-7-16-3-1-2-4-18(16)19(20)13-24-21(25)11-12-22(26)27/h1-10H,11-14H2,(H,24,25)(H,26,27). The lowest BCUT2D eigenvalue weighted by molar-refractivity contribution is -0.138. The van der Waals surface area contributed by atoms with Crippen LogP contribution in [-0.4, -0.2) is 17.0 Å². The third-order valence-corrected chi connectivity index (χ3v) is 4.59. The zero-order valence-corrected chi connectivity index (χ0v) is 15.9. The highest BCUT2D eigenvalue weighted by molar-refractivity contribution is 6.30. The smallest absolute Gasteiger partial charge is 0.303 e. The summed E-state index contributed by atoms with van der Waals surface area (Å²) in [5, 5.41) is 14.2. The van der Waals surface area contributed by atoms with Gasteiger partial charge in [0.2, 0.25) is 5.91 Å². The van der Waals surface area contributed by atoms with Gasteiger partial charge < -0.3 is 15.2 Å². The number of amides is 1. The van der Waals surface area contributed by atoms with E-state index in [1.165, 1.54) is 0 Å². The summed E-state index contributed by atoms with van der Waals surface area (Å²) < 4.78 is 6.01. The van der Waals surface area contributed by atoms with E-state index in [2.05, 4.69) is 5.32 Å². The van der Waals surface area contributed by atoms with Crippen LogP contribution >= 0.6 is 11.6 Å². The fraction of sp³-hybridized carbons (Fsp3) is 0.182. The van der Waals surface area contributed by atoms with Gasteiger partial charge in [-0.3, -0.25) is 9.59 Å². The molecule has 0 radical (unpaired) electrons. The maximum Gasteiger partial charge on any atom is 0.303 e. The molecule has 0 fully saturated rings.